The Morgan fingerprint density at radius 3 is 2.32 bits per heavy atom. The molecule has 0 spiro atoms. The number of halogens is 2. The number of rotatable bonds is 5. The van der Waals surface area contributed by atoms with Gasteiger partial charge >= 0.3 is 0 Å². The fourth-order valence-electron chi connectivity index (χ4n) is 2.12. The molecule has 0 aliphatic heterocycles. The number of ether oxygens (including phenoxy) is 1. The van der Waals surface area contributed by atoms with Gasteiger partial charge in [-0.25, -0.2) is 13.8 Å². The lowest BCUT2D eigenvalue weighted by molar-refractivity contribution is -0.177. The van der Waals surface area contributed by atoms with Crippen molar-refractivity contribution in [1.82, 2.24) is 5.06 Å². The predicted molar refractivity (Wildman–Crippen MR) is 88.9 cm³/mol. The van der Waals surface area contributed by atoms with Crippen LogP contribution in [0.15, 0.2) is 42.5 Å². The molecule has 6 heteroatoms. The van der Waals surface area contributed by atoms with Gasteiger partial charge in [-0.3, -0.25) is 10.0 Å². The Kier molecular flexibility index (Phi) is 5.74. The van der Waals surface area contributed by atoms with Crippen molar-refractivity contribution in [3.05, 3.63) is 65.2 Å². The molecule has 0 unspecified atom stereocenters. The topological polar surface area (TPSA) is 49.8 Å². The number of nitrogens with zero attached hydrogens (tertiary/aromatic N) is 1. The molecule has 0 fully saturated rings. The molecule has 0 saturated heterocycles. The van der Waals surface area contributed by atoms with E-state index in [2.05, 4.69) is 0 Å². The zero-order chi connectivity index (χ0) is 18.6. The van der Waals surface area contributed by atoms with Gasteiger partial charge in [0.1, 0.15) is 24.0 Å². The molecule has 0 bridgehead atoms. The van der Waals surface area contributed by atoms with E-state index in [1.807, 2.05) is 0 Å². The van der Waals surface area contributed by atoms with Crippen LogP contribution in [0.4, 0.5) is 8.78 Å². The van der Waals surface area contributed by atoms with Crippen LogP contribution in [-0.4, -0.2) is 16.2 Å². The molecule has 0 atom stereocenters. The van der Waals surface area contributed by atoms with Crippen LogP contribution in [0.5, 0.6) is 5.75 Å². The number of hydrogen-bond acceptors (Lipinski definition) is 3. The highest BCUT2D eigenvalue weighted by atomic mass is 19.1. The summed E-state index contributed by atoms with van der Waals surface area (Å²) in [7, 11) is 0. The molecule has 2 rings (SSSR count). The molecular weight excluding hydrogens is 328 g/mol. The van der Waals surface area contributed by atoms with Crippen molar-refractivity contribution in [3.63, 3.8) is 0 Å². The first-order chi connectivity index (χ1) is 11.7. The summed E-state index contributed by atoms with van der Waals surface area (Å²) in [6, 6.07) is 10.0. The molecule has 1 N–H and O–H groups in total. The highest BCUT2D eigenvalue weighted by molar-refractivity contribution is 5.80. The van der Waals surface area contributed by atoms with E-state index in [1.54, 1.807) is 45.0 Å². The van der Waals surface area contributed by atoms with Crippen molar-refractivity contribution in [1.29, 1.82) is 0 Å². The molecule has 1 amide bonds. The number of carbonyl (C=O) groups excluding carboxylic acids is 1. The van der Waals surface area contributed by atoms with Gasteiger partial charge in [0, 0.05) is 17.0 Å². The van der Waals surface area contributed by atoms with Crippen LogP contribution in [0.25, 0.3) is 0 Å². The molecule has 0 heterocycles. The van der Waals surface area contributed by atoms with Gasteiger partial charge in [-0.05, 0) is 29.8 Å². The lowest BCUT2D eigenvalue weighted by Gasteiger charge is -2.24. The van der Waals surface area contributed by atoms with Gasteiger partial charge in [0.15, 0.2) is 0 Å². The first-order valence-corrected chi connectivity index (χ1v) is 7.83. The predicted octanol–water partition coefficient (Wildman–Crippen LogP) is 4.31. The van der Waals surface area contributed by atoms with Gasteiger partial charge in [0.25, 0.3) is 5.91 Å². The van der Waals surface area contributed by atoms with Crippen molar-refractivity contribution < 1.29 is 23.5 Å². The molecule has 4 nitrogen and oxygen atoms in total. The van der Waals surface area contributed by atoms with Crippen molar-refractivity contribution in [3.8, 4) is 5.75 Å². The zero-order valence-corrected chi connectivity index (χ0v) is 14.4. The summed E-state index contributed by atoms with van der Waals surface area (Å²) in [6.07, 6.45) is 0. The van der Waals surface area contributed by atoms with E-state index in [0.29, 0.717) is 10.8 Å². The average molecular weight is 349 g/mol. The Morgan fingerprint density at radius 2 is 1.76 bits per heavy atom. The zero-order valence-electron chi connectivity index (χ0n) is 14.4. The largest absolute Gasteiger partial charge is 0.489 e. The molecule has 0 saturated carbocycles. The molecular formula is C19H21F2NO3. The number of benzene rings is 2. The third-order valence-corrected chi connectivity index (χ3v) is 3.54. The van der Waals surface area contributed by atoms with Crippen LogP contribution in [0, 0.1) is 17.0 Å². The van der Waals surface area contributed by atoms with Crippen LogP contribution >= 0.6 is 0 Å². The second-order valence-electron chi connectivity index (χ2n) is 6.78. The normalized spacial score (nSPS) is 11.3. The van der Waals surface area contributed by atoms with Gasteiger partial charge in [-0.2, -0.15) is 0 Å². The van der Waals surface area contributed by atoms with Crippen molar-refractivity contribution in [2.75, 3.05) is 0 Å². The molecule has 2 aromatic carbocycles. The maximum Gasteiger partial charge on any atom is 0.251 e. The van der Waals surface area contributed by atoms with E-state index < -0.39 is 17.0 Å². The van der Waals surface area contributed by atoms with Crippen molar-refractivity contribution in [2.24, 2.45) is 5.41 Å². The maximum atomic E-state index is 13.5. The van der Waals surface area contributed by atoms with E-state index >= 15 is 0 Å². The first-order valence-electron chi connectivity index (χ1n) is 7.83. The highest BCUT2D eigenvalue weighted by Crippen LogP contribution is 2.20. The molecule has 0 aliphatic rings. The summed E-state index contributed by atoms with van der Waals surface area (Å²) in [5.41, 5.74) is 0.306. The lowest BCUT2D eigenvalue weighted by atomic mass is 9.95. The quantitative estimate of drug-likeness (QED) is 0.646. The Labute approximate surface area is 145 Å². The third-order valence-electron chi connectivity index (χ3n) is 3.54. The summed E-state index contributed by atoms with van der Waals surface area (Å²) in [5.74, 6) is -1.17. The number of carbonyl (C=O) groups is 1. The smallest absolute Gasteiger partial charge is 0.251 e. The molecule has 0 radical (unpaired) electrons. The molecule has 0 aromatic heterocycles. The van der Waals surface area contributed by atoms with Gasteiger partial charge in [0.2, 0.25) is 0 Å². The van der Waals surface area contributed by atoms with Crippen LogP contribution in [0.1, 0.15) is 31.9 Å². The standard InChI is InChI=1S/C19H21F2NO3/c1-19(2,3)18(23)22(24)11-13-4-8-16(9-5-13)25-12-14-6-7-15(20)10-17(14)21/h4-10,24H,11-12H2,1-3H3. The van der Waals surface area contributed by atoms with Crippen LogP contribution < -0.4 is 4.74 Å². The maximum absolute atomic E-state index is 13.5. The highest BCUT2D eigenvalue weighted by Gasteiger charge is 2.26. The second-order valence-corrected chi connectivity index (χ2v) is 6.78. The molecule has 2 aromatic rings. The van der Waals surface area contributed by atoms with Crippen molar-refractivity contribution >= 4 is 5.91 Å². The summed E-state index contributed by atoms with van der Waals surface area (Å²) < 4.78 is 31.9. The van der Waals surface area contributed by atoms with E-state index in [1.165, 1.54) is 12.1 Å². The van der Waals surface area contributed by atoms with E-state index in [0.717, 1.165) is 11.6 Å². The number of amides is 1. The Bertz CT molecular complexity index is 739. The van der Waals surface area contributed by atoms with E-state index in [4.69, 9.17) is 4.74 Å². The third kappa shape index (κ3) is 5.26. The SMILES string of the molecule is CC(C)(C)C(=O)N(O)Cc1ccc(OCc2ccc(F)cc2F)cc1. The minimum Gasteiger partial charge on any atom is -0.489 e. The van der Waals surface area contributed by atoms with Gasteiger partial charge < -0.3 is 4.74 Å². The Hall–Kier alpha value is -2.47. The van der Waals surface area contributed by atoms with Crippen molar-refractivity contribution in [2.45, 2.75) is 33.9 Å². The van der Waals surface area contributed by atoms with Crippen LogP contribution in [0.2, 0.25) is 0 Å². The molecule has 0 aliphatic carbocycles. The van der Waals surface area contributed by atoms with Crippen LogP contribution in [-0.2, 0) is 17.9 Å². The van der Waals surface area contributed by atoms with Gasteiger partial charge in [-0.15, -0.1) is 0 Å². The number of hydrogen-bond donors (Lipinski definition) is 1. The summed E-state index contributed by atoms with van der Waals surface area (Å²) in [5, 5.41) is 10.5. The van der Waals surface area contributed by atoms with E-state index in [9.17, 15) is 18.8 Å². The Balaban J connectivity index is 1.94. The van der Waals surface area contributed by atoms with Crippen LogP contribution in [0.3, 0.4) is 0 Å². The summed E-state index contributed by atoms with van der Waals surface area (Å²) in [4.78, 5) is 11.9. The molecule has 134 valence electrons. The summed E-state index contributed by atoms with van der Waals surface area (Å²) in [6.45, 7) is 5.21. The lowest BCUT2D eigenvalue weighted by Crippen LogP contribution is -2.36. The second kappa shape index (κ2) is 7.61. The summed E-state index contributed by atoms with van der Waals surface area (Å²) >= 11 is 0. The van der Waals surface area contributed by atoms with Gasteiger partial charge in [-0.1, -0.05) is 32.9 Å². The minimum atomic E-state index is -0.670. The molecule has 25 heavy (non-hydrogen) atoms. The Morgan fingerprint density at radius 1 is 1.12 bits per heavy atom. The fraction of sp³-hybridized carbons (Fsp3) is 0.316. The van der Waals surface area contributed by atoms with Gasteiger partial charge in [0.05, 0.1) is 6.54 Å². The minimum absolute atomic E-state index is 0.0277. The first kappa shape index (κ1) is 18.9. The monoisotopic (exact) mass is 349 g/mol. The fourth-order valence-corrected chi connectivity index (χ4v) is 2.12. The average Bonchev–Trinajstić information content (AvgIpc) is 2.54. The van der Waals surface area contributed by atoms with E-state index in [-0.39, 0.29) is 24.6 Å². The number of hydroxylamine groups is 2.